The van der Waals surface area contributed by atoms with Crippen LogP contribution < -0.4 is 0 Å². The summed E-state index contributed by atoms with van der Waals surface area (Å²) in [6, 6.07) is 4.51. The largest absolute Gasteiger partial charge is 0.465 e. The van der Waals surface area contributed by atoms with Crippen LogP contribution in [0.25, 0.3) is 0 Å². The third-order valence-corrected chi connectivity index (χ3v) is 4.47. The van der Waals surface area contributed by atoms with Gasteiger partial charge in [-0.3, -0.25) is 0 Å². The summed E-state index contributed by atoms with van der Waals surface area (Å²) >= 11 is 0. The molecule has 1 aliphatic carbocycles. The normalized spacial score (nSPS) is 25.6. The zero-order valence-electron chi connectivity index (χ0n) is 12.9. The minimum Gasteiger partial charge on any atom is -0.465 e. The van der Waals surface area contributed by atoms with E-state index in [1.165, 1.54) is 25.7 Å². The number of carbonyl (C=O) groups excluding carboxylic acids is 1. The van der Waals surface area contributed by atoms with Crippen LogP contribution in [-0.2, 0) is 16.1 Å². The summed E-state index contributed by atoms with van der Waals surface area (Å²) in [5.74, 6) is 0.201. The molecule has 0 aliphatic heterocycles. The minimum atomic E-state index is -0.657. The fourth-order valence-corrected chi connectivity index (χ4v) is 2.79. The van der Waals surface area contributed by atoms with E-state index >= 15 is 0 Å². The lowest BCUT2D eigenvalue weighted by atomic mass is 9.80. The Bertz CT molecular complexity index is 501. The van der Waals surface area contributed by atoms with E-state index in [0.717, 1.165) is 24.3 Å². The molecule has 0 amide bonds. The third kappa shape index (κ3) is 4.03. The lowest BCUT2D eigenvalue weighted by Crippen LogP contribution is -2.26. The Labute approximate surface area is 125 Å². The van der Waals surface area contributed by atoms with E-state index in [1.807, 2.05) is 0 Å². The molecule has 3 nitrogen and oxygen atoms in total. The van der Waals surface area contributed by atoms with Crippen LogP contribution in [0.4, 0.5) is 4.39 Å². The van der Waals surface area contributed by atoms with Crippen molar-refractivity contribution in [1.29, 1.82) is 0 Å². The van der Waals surface area contributed by atoms with Crippen LogP contribution in [0.2, 0.25) is 0 Å². The smallest absolute Gasteiger partial charge is 0.340 e. The van der Waals surface area contributed by atoms with Crippen molar-refractivity contribution in [3.63, 3.8) is 0 Å². The van der Waals surface area contributed by atoms with Crippen LogP contribution in [-0.4, -0.2) is 19.2 Å². The van der Waals surface area contributed by atoms with Crippen molar-refractivity contribution >= 4 is 5.97 Å². The van der Waals surface area contributed by atoms with Gasteiger partial charge in [-0.2, -0.15) is 0 Å². The van der Waals surface area contributed by atoms with Crippen LogP contribution >= 0.6 is 0 Å². The molecule has 0 aromatic heterocycles. The van der Waals surface area contributed by atoms with Crippen molar-refractivity contribution in [3.05, 3.63) is 35.1 Å². The molecule has 4 heteroatoms. The molecule has 1 saturated carbocycles. The lowest BCUT2D eigenvalue weighted by Gasteiger charge is -2.32. The van der Waals surface area contributed by atoms with Crippen molar-refractivity contribution in [3.8, 4) is 0 Å². The molecular formula is C17H23FO3. The molecular weight excluding hydrogens is 271 g/mol. The monoisotopic (exact) mass is 294 g/mol. The molecule has 0 radical (unpaired) electrons. The zero-order chi connectivity index (χ0) is 15.4. The number of hydrogen-bond acceptors (Lipinski definition) is 3. The number of hydrogen-bond donors (Lipinski definition) is 0. The van der Waals surface area contributed by atoms with E-state index < -0.39 is 11.8 Å². The summed E-state index contributed by atoms with van der Waals surface area (Å²) in [6.45, 7) is 4.91. The molecule has 3 unspecified atom stereocenters. The van der Waals surface area contributed by atoms with Crippen molar-refractivity contribution in [2.24, 2.45) is 11.8 Å². The van der Waals surface area contributed by atoms with Gasteiger partial charge in [-0.25, -0.2) is 9.18 Å². The summed E-state index contributed by atoms with van der Waals surface area (Å²) in [5.41, 5.74) is 0.702. The van der Waals surface area contributed by atoms with Crippen molar-refractivity contribution in [2.45, 2.75) is 45.8 Å². The van der Waals surface area contributed by atoms with Crippen LogP contribution in [0.5, 0.6) is 0 Å². The lowest BCUT2D eigenvalue weighted by molar-refractivity contribution is -0.00755. The van der Waals surface area contributed by atoms with Crippen LogP contribution in [0.15, 0.2) is 18.2 Å². The van der Waals surface area contributed by atoms with E-state index in [4.69, 9.17) is 4.74 Å². The number of ether oxygens (including phenoxy) is 2. The predicted octanol–water partition coefficient (Wildman–Crippen LogP) is 3.95. The van der Waals surface area contributed by atoms with Gasteiger partial charge in [0.05, 0.1) is 25.4 Å². The number of esters is 1. The van der Waals surface area contributed by atoms with Crippen LogP contribution in [0.3, 0.4) is 0 Å². The molecule has 1 aromatic carbocycles. The summed E-state index contributed by atoms with van der Waals surface area (Å²) in [5, 5.41) is 0. The maximum absolute atomic E-state index is 13.8. The first-order valence-electron chi connectivity index (χ1n) is 7.49. The van der Waals surface area contributed by atoms with E-state index in [1.54, 1.807) is 6.07 Å². The van der Waals surface area contributed by atoms with E-state index in [2.05, 4.69) is 18.6 Å². The van der Waals surface area contributed by atoms with Gasteiger partial charge in [0.1, 0.15) is 5.82 Å². The van der Waals surface area contributed by atoms with E-state index in [0.29, 0.717) is 12.5 Å². The first-order valence-corrected chi connectivity index (χ1v) is 7.49. The summed E-state index contributed by atoms with van der Waals surface area (Å²) in [4.78, 5) is 11.3. The van der Waals surface area contributed by atoms with Crippen molar-refractivity contribution < 1.29 is 18.7 Å². The standard InChI is InChI=1S/C17H23FO3/c1-11-4-6-14(8-12(11)2)21-10-13-5-7-15(16(18)9-13)17(19)20-3/h5,7,9,11-12,14H,4,6,8,10H2,1-3H3. The first kappa shape index (κ1) is 16.0. The van der Waals surface area contributed by atoms with Gasteiger partial charge in [0.2, 0.25) is 0 Å². The molecule has 0 bridgehead atoms. The second-order valence-corrected chi connectivity index (χ2v) is 6.01. The SMILES string of the molecule is COC(=O)c1ccc(COC2CCC(C)C(C)C2)cc1F. The fourth-order valence-electron chi connectivity index (χ4n) is 2.79. The van der Waals surface area contributed by atoms with Crippen molar-refractivity contribution in [2.75, 3.05) is 7.11 Å². The second-order valence-electron chi connectivity index (χ2n) is 6.01. The molecule has 116 valence electrons. The molecule has 0 N–H and O–H groups in total. The molecule has 2 rings (SSSR count). The second kappa shape index (κ2) is 7.03. The summed E-state index contributed by atoms with van der Waals surface area (Å²) in [7, 11) is 1.24. The molecule has 21 heavy (non-hydrogen) atoms. The summed E-state index contributed by atoms with van der Waals surface area (Å²) in [6.07, 6.45) is 3.55. The minimum absolute atomic E-state index is 0.0404. The number of carbonyl (C=O) groups is 1. The van der Waals surface area contributed by atoms with Gasteiger partial charge >= 0.3 is 5.97 Å². The Morgan fingerprint density at radius 3 is 2.67 bits per heavy atom. The van der Waals surface area contributed by atoms with Gasteiger partial charge in [0.25, 0.3) is 0 Å². The number of halogens is 1. The van der Waals surface area contributed by atoms with Crippen molar-refractivity contribution in [1.82, 2.24) is 0 Å². The Balaban J connectivity index is 1.92. The maximum atomic E-state index is 13.8. The Morgan fingerprint density at radius 1 is 1.29 bits per heavy atom. The highest BCUT2D eigenvalue weighted by atomic mass is 19.1. The topological polar surface area (TPSA) is 35.5 Å². The molecule has 1 fully saturated rings. The van der Waals surface area contributed by atoms with Gasteiger partial charge < -0.3 is 9.47 Å². The van der Waals surface area contributed by atoms with Gasteiger partial charge in [0, 0.05) is 0 Å². The molecule has 1 aliphatic rings. The maximum Gasteiger partial charge on any atom is 0.340 e. The number of benzene rings is 1. The van der Waals surface area contributed by atoms with Crippen LogP contribution in [0, 0.1) is 17.7 Å². The summed E-state index contributed by atoms with van der Waals surface area (Å²) < 4.78 is 24.2. The van der Waals surface area contributed by atoms with E-state index in [-0.39, 0.29) is 11.7 Å². The highest BCUT2D eigenvalue weighted by molar-refractivity contribution is 5.89. The molecule has 3 atom stereocenters. The molecule has 0 saturated heterocycles. The zero-order valence-corrected chi connectivity index (χ0v) is 12.9. The quantitative estimate of drug-likeness (QED) is 0.789. The Kier molecular flexibility index (Phi) is 5.34. The average Bonchev–Trinajstić information content (AvgIpc) is 2.48. The fraction of sp³-hybridized carbons (Fsp3) is 0.588. The van der Waals surface area contributed by atoms with Crippen LogP contribution in [0.1, 0.15) is 49.0 Å². The molecule has 0 spiro atoms. The molecule has 1 aromatic rings. The molecule has 0 heterocycles. The highest BCUT2D eigenvalue weighted by Crippen LogP contribution is 2.31. The third-order valence-electron chi connectivity index (χ3n) is 4.47. The van der Waals surface area contributed by atoms with E-state index in [9.17, 15) is 9.18 Å². The predicted molar refractivity (Wildman–Crippen MR) is 78.5 cm³/mol. The highest BCUT2D eigenvalue weighted by Gasteiger charge is 2.25. The first-order chi connectivity index (χ1) is 10.0. The Morgan fingerprint density at radius 2 is 2.05 bits per heavy atom. The number of rotatable bonds is 4. The van der Waals surface area contributed by atoms with Gasteiger partial charge in [-0.05, 0) is 48.8 Å². The average molecular weight is 294 g/mol. The Hall–Kier alpha value is -1.42. The van der Waals surface area contributed by atoms with Gasteiger partial charge in [-0.15, -0.1) is 0 Å². The van der Waals surface area contributed by atoms with Gasteiger partial charge in [0.15, 0.2) is 0 Å². The number of methoxy groups -OCH3 is 1. The van der Waals surface area contributed by atoms with Gasteiger partial charge in [-0.1, -0.05) is 19.9 Å².